The van der Waals surface area contributed by atoms with Gasteiger partial charge in [-0.1, -0.05) is 60.8 Å². The van der Waals surface area contributed by atoms with E-state index in [4.69, 9.17) is 14.6 Å². The number of carboxylic acids is 1. The Morgan fingerprint density at radius 2 is 1.67 bits per heavy atom. The predicted octanol–water partition coefficient (Wildman–Crippen LogP) is 4.11. The van der Waals surface area contributed by atoms with Gasteiger partial charge in [0.1, 0.15) is 6.10 Å². The van der Waals surface area contributed by atoms with Crippen LogP contribution in [-0.4, -0.2) is 57.6 Å². The second kappa shape index (κ2) is 19.0. The number of esters is 2. The molecule has 0 aromatic rings. The number of aliphatic hydroxyl groups is 2. The Morgan fingerprint density at radius 1 is 0.972 bits per heavy atom. The van der Waals surface area contributed by atoms with Crippen molar-refractivity contribution in [3.8, 4) is 0 Å². The van der Waals surface area contributed by atoms with Gasteiger partial charge in [0.25, 0.3) is 0 Å². The number of carbonyl (C=O) groups excluding carboxylic acids is 2. The largest absolute Gasteiger partial charge is 0.481 e. The number of allylic oxidation sites excluding steroid dienone is 7. The highest BCUT2D eigenvalue weighted by atomic mass is 16.5. The van der Waals surface area contributed by atoms with Crippen LogP contribution < -0.4 is 0 Å². The van der Waals surface area contributed by atoms with E-state index in [1.807, 2.05) is 19.1 Å². The maximum atomic E-state index is 11.9. The zero-order chi connectivity index (χ0) is 26.6. The van der Waals surface area contributed by atoms with Gasteiger partial charge in [0.15, 0.2) is 0 Å². The van der Waals surface area contributed by atoms with E-state index in [0.717, 1.165) is 12.8 Å². The van der Waals surface area contributed by atoms with E-state index >= 15 is 0 Å². The molecule has 8 heteroatoms. The molecule has 0 bridgehead atoms. The van der Waals surface area contributed by atoms with Crippen molar-refractivity contribution in [2.75, 3.05) is 0 Å². The standard InChI is InChI=1S/C28H38O8/c1-22-13-7-3-2-4-8-14-23(29)21-24(30)15-9-5-10-16-25(36-28(34)20-19-26(31)32)17-11-6-12-18-27(33)35-22/h2,4-6,8-12,14,16,18,22-25,29-30H,3,7,13,15,17,19-21H2,1H3,(H,31,32)/b4-2+,9-5-,11-6+,14-8+,16-10+,18-12-/t22?,23-,24-,25+/m0/s1. The van der Waals surface area contributed by atoms with Gasteiger partial charge in [-0.3, -0.25) is 9.59 Å². The Bertz CT molecular complexity index is 850. The maximum Gasteiger partial charge on any atom is 0.331 e. The summed E-state index contributed by atoms with van der Waals surface area (Å²) in [6.07, 6.45) is 20.5. The van der Waals surface area contributed by atoms with E-state index < -0.39 is 36.2 Å². The summed E-state index contributed by atoms with van der Waals surface area (Å²) in [5.74, 6) is -2.16. The number of aliphatic carboxylic acids is 1. The van der Waals surface area contributed by atoms with E-state index in [1.54, 1.807) is 54.7 Å². The summed E-state index contributed by atoms with van der Waals surface area (Å²) in [6.45, 7) is 1.83. The van der Waals surface area contributed by atoms with Crippen LogP contribution in [0.2, 0.25) is 0 Å². The Kier molecular flexibility index (Phi) is 16.3. The molecular formula is C28H38O8. The number of hydrogen-bond donors (Lipinski definition) is 3. The normalized spacial score (nSPS) is 30.5. The van der Waals surface area contributed by atoms with Crippen LogP contribution in [0.1, 0.15) is 58.3 Å². The molecule has 198 valence electrons. The number of hydrogen-bond acceptors (Lipinski definition) is 7. The fraction of sp³-hybridized carbons (Fsp3) is 0.464. The minimum Gasteiger partial charge on any atom is -0.481 e. The van der Waals surface area contributed by atoms with Crippen LogP contribution in [0.3, 0.4) is 0 Å². The molecule has 1 aliphatic rings. The van der Waals surface area contributed by atoms with E-state index in [0.29, 0.717) is 19.3 Å². The minimum absolute atomic E-state index is 0.198. The summed E-state index contributed by atoms with van der Waals surface area (Å²) in [5.41, 5.74) is 0. The van der Waals surface area contributed by atoms with Gasteiger partial charge in [0.05, 0.1) is 31.2 Å². The van der Waals surface area contributed by atoms with E-state index in [2.05, 4.69) is 0 Å². The summed E-state index contributed by atoms with van der Waals surface area (Å²) in [6, 6.07) is 0. The second-order valence-corrected chi connectivity index (χ2v) is 8.44. The van der Waals surface area contributed by atoms with Gasteiger partial charge < -0.3 is 24.8 Å². The van der Waals surface area contributed by atoms with Gasteiger partial charge in [0, 0.05) is 18.9 Å². The first kappa shape index (κ1) is 30.8. The van der Waals surface area contributed by atoms with Crippen LogP contribution in [0.25, 0.3) is 0 Å². The summed E-state index contributed by atoms with van der Waals surface area (Å²) < 4.78 is 10.7. The molecule has 0 aromatic carbocycles. The highest BCUT2D eigenvalue weighted by Crippen LogP contribution is 2.09. The average molecular weight is 503 g/mol. The van der Waals surface area contributed by atoms with Crippen LogP contribution in [0.15, 0.2) is 72.9 Å². The lowest BCUT2D eigenvalue weighted by Gasteiger charge is -2.12. The Labute approximate surface area is 213 Å². The van der Waals surface area contributed by atoms with Crippen molar-refractivity contribution in [2.45, 2.75) is 82.7 Å². The van der Waals surface area contributed by atoms with Crippen molar-refractivity contribution in [1.82, 2.24) is 0 Å². The Morgan fingerprint density at radius 3 is 2.44 bits per heavy atom. The number of carboxylic acid groups (broad SMARTS) is 1. The number of ether oxygens (including phenoxy) is 2. The zero-order valence-corrected chi connectivity index (χ0v) is 20.8. The van der Waals surface area contributed by atoms with Crippen molar-refractivity contribution in [2.24, 2.45) is 0 Å². The van der Waals surface area contributed by atoms with Crippen LogP contribution in [0.4, 0.5) is 0 Å². The van der Waals surface area contributed by atoms with Crippen molar-refractivity contribution in [1.29, 1.82) is 0 Å². The third-order valence-corrected chi connectivity index (χ3v) is 5.05. The number of rotatable bonds is 4. The fourth-order valence-electron chi connectivity index (χ4n) is 3.17. The van der Waals surface area contributed by atoms with Crippen LogP contribution in [0.5, 0.6) is 0 Å². The molecule has 36 heavy (non-hydrogen) atoms. The fourth-order valence-corrected chi connectivity index (χ4v) is 3.17. The van der Waals surface area contributed by atoms with Gasteiger partial charge in [-0.2, -0.15) is 0 Å². The van der Waals surface area contributed by atoms with Gasteiger partial charge in [-0.15, -0.1) is 0 Å². The van der Waals surface area contributed by atoms with Gasteiger partial charge >= 0.3 is 17.9 Å². The molecule has 4 atom stereocenters. The first-order chi connectivity index (χ1) is 17.3. The summed E-state index contributed by atoms with van der Waals surface area (Å²) in [5, 5.41) is 28.9. The van der Waals surface area contributed by atoms with Crippen molar-refractivity contribution >= 4 is 17.9 Å². The number of carbonyl (C=O) groups is 3. The zero-order valence-electron chi connectivity index (χ0n) is 20.8. The molecule has 0 aliphatic carbocycles. The highest BCUT2D eigenvalue weighted by molar-refractivity contribution is 5.82. The van der Waals surface area contributed by atoms with Gasteiger partial charge in [0.2, 0.25) is 0 Å². The first-order valence-electron chi connectivity index (χ1n) is 12.2. The Hall–Kier alpha value is -3.23. The lowest BCUT2D eigenvalue weighted by atomic mass is 10.1. The molecule has 0 saturated heterocycles. The molecule has 1 rings (SSSR count). The van der Waals surface area contributed by atoms with E-state index in [9.17, 15) is 24.6 Å². The molecule has 0 saturated carbocycles. The lowest BCUT2D eigenvalue weighted by Crippen LogP contribution is -2.16. The quantitative estimate of drug-likeness (QED) is 0.490. The average Bonchev–Trinajstić information content (AvgIpc) is 2.80. The topological polar surface area (TPSA) is 130 Å². The van der Waals surface area contributed by atoms with E-state index in [1.165, 1.54) is 6.08 Å². The summed E-state index contributed by atoms with van der Waals surface area (Å²) in [4.78, 5) is 34.6. The van der Waals surface area contributed by atoms with Crippen molar-refractivity contribution < 1.29 is 39.2 Å². The van der Waals surface area contributed by atoms with Crippen LogP contribution >= 0.6 is 0 Å². The second-order valence-electron chi connectivity index (χ2n) is 8.44. The maximum absolute atomic E-state index is 11.9. The summed E-state index contributed by atoms with van der Waals surface area (Å²) in [7, 11) is 0. The smallest absolute Gasteiger partial charge is 0.331 e. The predicted molar refractivity (Wildman–Crippen MR) is 137 cm³/mol. The molecule has 3 N–H and O–H groups in total. The molecular weight excluding hydrogens is 464 g/mol. The van der Waals surface area contributed by atoms with E-state index in [-0.39, 0.29) is 25.4 Å². The van der Waals surface area contributed by atoms with Crippen LogP contribution in [0, 0.1) is 0 Å². The van der Waals surface area contributed by atoms with Crippen LogP contribution in [-0.2, 0) is 23.9 Å². The monoisotopic (exact) mass is 502 g/mol. The van der Waals surface area contributed by atoms with Crippen molar-refractivity contribution in [3.63, 3.8) is 0 Å². The molecule has 0 amide bonds. The molecule has 1 heterocycles. The SMILES string of the molecule is CC1CCC/C=C/C=C/[C@H](O)C[C@@H](O)C/C=C\C=C\[C@@H](OC(=O)CCC(=O)O)C/C=C/C=C\C(=O)O1. The molecule has 8 nitrogen and oxygen atoms in total. The number of cyclic esters (lactones) is 1. The minimum atomic E-state index is -1.08. The number of aliphatic hydroxyl groups excluding tert-OH is 2. The van der Waals surface area contributed by atoms with Gasteiger partial charge in [-0.25, -0.2) is 4.79 Å². The first-order valence-corrected chi connectivity index (χ1v) is 12.2. The van der Waals surface area contributed by atoms with Crippen molar-refractivity contribution in [3.05, 3.63) is 72.9 Å². The third-order valence-electron chi connectivity index (χ3n) is 5.05. The molecule has 0 fully saturated rings. The summed E-state index contributed by atoms with van der Waals surface area (Å²) >= 11 is 0. The van der Waals surface area contributed by atoms with Gasteiger partial charge in [-0.05, 0) is 38.7 Å². The lowest BCUT2D eigenvalue weighted by molar-refractivity contribution is -0.150. The highest BCUT2D eigenvalue weighted by Gasteiger charge is 2.12. The molecule has 0 radical (unpaired) electrons. The molecule has 0 spiro atoms. The molecule has 0 aromatic heterocycles. The molecule has 1 aliphatic heterocycles. The Balaban J connectivity index is 2.86. The third kappa shape index (κ3) is 17.2. The molecule has 1 unspecified atom stereocenters.